The number of hydrogen-bond acceptors (Lipinski definition) is 5. The van der Waals surface area contributed by atoms with Crippen molar-refractivity contribution in [3.05, 3.63) is 82.3 Å². The first-order valence-corrected chi connectivity index (χ1v) is 13.0. The van der Waals surface area contributed by atoms with Crippen LogP contribution in [0.15, 0.2) is 70.3 Å². The normalized spacial score (nSPS) is 16.5. The summed E-state index contributed by atoms with van der Waals surface area (Å²) in [6.07, 6.45) is 2.36. The molecule has 170 valence electrons. The number of benzene rings is 2. The van der Waals surface area contributed by atoms with Gasteiger partial charge in [-0.2, -0.15) is 15.6 Å². The molecule has 1 aliphatic rings. The molecule has 0 saturated carbocycles. The zero-order valence-corrected chi connectivity index (χ0v) is 19.3. The summed E-state index contributed by atoms with van der Waals surface area (Å²) in [4.78, 5) is -0.0568. The van der Waals surface area contributed by atoms with Gasteiger partial charge in [-0.1, -0.05) is 18.2 Å². The number of sulfonamides is 1. The van der Waals surface area contributed by atoms with E-state index in [2.05, 4.69) is 11.4 Å². The van der Waals surface area contributed by atoms with Crippen LogP contribution in [0.1, 0.15) is 24.0 Å². The minimum Gasteiger partial charge on any atom is -0.493 e. The van der Waals surface area contributed by atoms with Crippen LogP contribution in [0, 0.1) is 5.82 Å². The van der Waals surface area contributed by atoms with Gasteiger partial charge in [0.25, 0.3) is 0 Å². The lowest BCUT2D eigenvalue weighted by Crippen LogP contribution is -2.37. The average Bonchev–Trinajstić information content (AvgIpc) is 3.48. The Balaban J connectivity index is 1.50. The Morgan fingerprint density at radius 2 is 2.00 bits per heavy atom. The maximum atomic E-state index is 13.7. The summed E-state index contributed by atoms with van der Waals surface area (Å²) >= 11 is 1.66. The van der Waals surface area contributed by atoms with E-state index >= 15 is 0 Å². The van der Waals surface area contributed by atoms with Gasteiger partial charge >= 0.3 is 0 Å². The van der Waals surface area contributed by atoms with Gasteiger partial charge in [0.1, 0.15) is 11.6 Å². The molecule has 0 radical (unpaired) electrons. The third-order valence-corrected chi connectivity index (χ3v) is 7.90. The molecule has 1 aliphatic heterocycles. The summed E-state index contributed by atoms with van der Waals surface area (Å²) in [5.74, 6) is 0.113. The molecule has 5 nitrogen and oxygen atoms in total. The van der Waals surface area contributed by atoms with Crippen molar-refractivity contribution in [3.63, 3.8) is 0 Å². The van der Waals surface area contributed by atoms with Crippen LogP contribution in [-0.4, -0.2) is 38.6 Å². The van der Waals surface area contributed by atoms with Crippen molar-refractivity contribution in [2.45, 2.75) is 36.8 Å². The Hall–Kier alpha value is -2.26. The van der Waals surface area contributed by atoms with Gasteiger partial charge in [-0.05, 0) is 71.1 Å². The molecular formula is C24H26FNO4S2. The van der Waals surface area contributed by atoms with E-state index in [-0.39, 0.29) is 24.1 Å². The SMILES string of the molecule is O=S(=O)(c1cccc(F)c1)N(Cc1cccc(OCCc2ccsc2)c1)C[C@H]1CCCO1. The second-order valence-electron chi connectivity index (χ2n) is 7.77. The summed E-state index contributed by atoms with van der Waals surface area (Å²) < 4.78 is 53.4. The highest BCUT2D eigenvalue weighted by Gasteiger charge is 2.29. The Morgan fingerprint density at radius 1 is 1.12 bits per heavy atom. The van der Waals surface area contributed by atoms with E-state index < -0.39 is 15.8 Å². The Bertz CT molecular complexity index is 1110. The van der Waals surface area contributed by atoms with E-state index in [1.54, 1.807) is 11.3 Å². The van der Waals surface area contributed by atoms with E-state index in [0.717, 1.165) is 30.9 Å². The van der Waals surface area contributed by atoms with Crippen LogP contribution < -0.4 is 4.74 Å². The highest BCUT2D eigenvalue weighted by Crippen LogP contribution is 2.24. The molecule has 2 heterocycles. The molecule has 4 rings (SSSR count). The molecule has 0 aliphatic carbocycles. The molecule has 1 fully saturated rings. The Kier molecular flexibility index (Phi) is 7.57. The fourth-order valence-electron chi connectivity index (χ4n) is 3.70. The molecule has 0 spiro atoms. The van der Waals surface area contributed by atoms with Crippen LogP contribution >= 0.6 is 11.3 Å². The van der Waals surface area contributed by atoms with E-state index in [9.17, 15) is 12.8 Å². The summed E-state index contributed by atoms with van der Waals surface area (Å²) in [5, 5.41) is 4.14. The Labute approximate surface area is 192 Å². The highest BCUT2D eigenvalue weighted by atomic mass is 32.2. The largest absolute Gasteiger partial charge is 0.493 e. The van der Waals surface area contributed by atoms with Gasteiger partial charge in [0, 0.05) is 26.1 Å². The molecule has 1 atom stereocenters. The van der Waals surface area contributed by atoms with Crippen molar-refractivity contribution >= 4 is 21.4 Å². The molecule has 0 unspecified atom stereocenters. The van der Waals surface area contributed by atoms with Crippen molar-refractivity contribution in [2.75, 3.05) is 19.8 Å². The topological polar surface area (TPSA) is 55.8 Å². The van der Waals surface area contributed by atoms with Crippen LogP contribution in [0.2, 0.25) is 0 Å². The number of thiophene rings is 1. The molecule has 8 heteroatoms. The molecule has 0 amide bonds. The minimum absolute atomic E-state index is 0.0568. The molecule has 32 heavy (non-hydrogen) atoms. The predicted molar refractivity (Wildman–Crippen MR) is 123 cm³/mol. The second-order valence-corrected chi connectivity index (χ2v) is 10.5. The third-order valence-electron chi connectivity index (χ3n) is 5.36. The van der Waals surface area contributed by atoms with Gasteiger partial charge in [-0.15, -0.1) is 0 Å². The zero-order chi connectivity index (χ0) is 22.4. The molecule has 1 aromatic heterocycles. The van der Waals surface area contributed by atoms with Crippen molar-refractivity contribution in [1.29, 1.82) is 0 Å². The number of hydrogen-bond donors (Lipinski definition) is 0. The summed E-state index contributed by atoms with van der Waals surface area (Å²) in [6.45, 7) is 1.55. The van der Waals surface area contributed by atoms with Crippen molar-refractivity contribution in [2.24, 2.45) is 0 Å². The number of nitrogens with zero attached hydrogens (tertiary/aromatic N) is 1. The minimum atomic E-state index is -3.89. The highest BCUT2D eigenvalue weighted by molar-refractivity contribution is 7.89. The van der Waals surface area contributed by atoms with Gasteiger partial charge < -0.3 is 9.47 Å². The quantitative estimate of drug-likeness (QED) is 0.419. The van der Waals surface area contributed by atoms with Gasteiger partial charge in [0.2, 0.25) is 10.0 Å². The predicted octanol–water partition coefficient (Wildman–Crippen LogP) is 4.88. The van der Waals surface area contributed by atoms with Crippen LogP contribution in [-0.2, 0) is 27.7 Å². The lowest BCUT2D eigenvalue weighted by Gasteiger charge is -2.25. The number of ether oxygens (including phenoxy) is 2. The average molecular weight is 476 g/mol. The van der Waals surface area contributed by atoms with Crippen LogP contribution in [0.4, 0.5) is 4.39 Å². The van der Waals surface area contributed by atoms with E-state index in [1.807, 2.05) is 29.6 Å². The fraction of sp³-hybridized carbons (Fsp3) is 0.333. The lowest BCUT2D eigenvalue weighted by atomic mass is 10.2. The van der Waals surface area contributed by atoms with E-state index in [1.165, 1.54) is 28.1 Å². The first-order chi connectivity index (χ1) is 15.5. The second kappa shape index (κ2) is 10.6. The Morgan fingerprint density at radius 3 is 2.75 bits per heavy atom. The zero-order valence-electron chi connectivity index (χ0n) is 17.7. The van der Waals surface area contributed by atoms with E-state index in [4.69, 9.17) is 9.47 Å². The van der Waals surface area contributed by atoms with Crippen LogP contribution in [0.5, 0.6) is 5.75 Å². The first kappa shape index (κ1) is 22.9. The van der Waals surface area contributed by atoms with Crippen molar-refractivity contribution in [3.8, 4) is 5.75 Å². The maximum absolute atomic E-state index is 13.7. The summed E-state index contributed by atoms with van der Waals surface area (Å²) in [7, 11) is -3.89. The standard InChI is InChI=1S/C24H26FNO4S2/c25-21-5-2-8-24(15-21)32(27,28)26(17-23-7-3-11-29-23)16-20-4-1-6-22(14-20)30-12-9-19-10-13-31-18-19/h1-2,4-6,8,10,13-15,18,23H,3,7,9,11-12,16-17H2/t23-/m1/s1. The molecule has 3 aromatic rings. The lowest BCUT2D eigenvalue weighted by molar-refractivity contribution is 0.0926. The summed E-state index contributed by atoms with van der Waals surface area (Å²) in [6, 6.07) is 14.6. The molecule has 0 N–H and O–H groups in total. The van der Waals surface area contributed by atoms with Gasteiger partial charge in [-0.25, -0.2) is 12.8 Å². The molecule has 1 saturated heterocycles. The first-order valence-electron chi connectivity index (χ1n) is 10.6. The smallest absolute Gasteiger partial charge is 0.243 e. The maximum Gasteiger partial charge on any atom is 0.243 e. The number of rotatable bonds is 10. The third kappa shape index (κ3) is 5.95. The number of halogens is 1. The van der Waals surface area contributed by atoms with Crippen molar-refractivity contribution in [1.82, 2.24) is 4.31 Å². The van der Waals surface area contributed by atoms with Crippen LogP contribution in [0.25, 0.3) is 0 Å². The van der Waals surface area contributed by atoms with Gasteiger partial charge in [0.15, 0.2) is 0 Å². The van der Waals surface area contributed by atoms with E-state index in [0.29, 0.717) is 19.0 Å². The molecular weight excluding hydrogens is 449 g/mol. The fourth-order valence-corrected chi connectivity index (χ4v) is 5.89. The van der Waals surface area contributed by atoms with Crippen molar-refractivity contribution < 1.29 is 22.3 Å². The van der Waals surface area contributed by atoms with Crippen LogP contribution in [0.3, 0.4) is 0 Å². The molecule has 2 aromatic carbocycles. The van der Waals surface area contributed by atoms with Gasteiger partial charge in [0.05, 0.1) is 17.6 Å². The summed E-state index contributed by atoms with van der Waals surface area (Å²) in [5.41, 5.74) is 2.03. The van der Waals surface area contributed by atoms with Gasteiger partial charge in [-0.3, -0.25) is 0 Å². The monoisotopic (exact) mass is 475 g/mol. The molecule has 0 bridgehead atoms.